The number of halogens is 1. The first-order chi connectivity index (χ1) is 10.1. The van der Waals surface area contributed by atoms with Gasteiger partial charge in [-0.2, -0.15) is 0 Å². The Morgan fingerprint density at radius 1 is 1.48 bits per heavy atom. The number of nitrogens with one attached hydrogen (secondary N) is 1. The first-order valence-electron chi connectivity index (χ1n) is 7.49. The Kier molecular flexibility index (Phi) is 5.42. The van der Waals surface area contributed by atoms with Gasteiger partial charge in [0.05, 0.1) is 10.6 Å². The van der Waals surface area contributed by atoms with Gasteiger partial charge in [0.15, 0.2) is 0 Å². The third-order valence-corrected chi connectivity index (χ3v) is 4.18. The molecule has 0 saturated carbocycles. The Labute approximate surface area is 131 Å². The summed E-state index contributed by atoms with van der Waals surface area (Å²) in [6.45, 7) is 10.5. The molecule has 0 aliphatic carbocycles. The molecule has 1 aromatic rings. The zero-order valence-electron chi connectivity index (χ0n) is 12.9. The van der Waals surface area contributed by atoms with E-state index in [0.717, 1.165) is 32.7 Å². The summed E-state index contributed by atoms with van der Waals surface area (Å²) in [4.78, 5) is 21.0. The SMILES string of the molecule is CCNc1ncc(C(=O)N2CCN(CC)C(C)C2)cc1Cl. The summed E-state index contributed by atoms with van der Waals surface area (Å²) >= 11 is 6.16. The number of hydrogen-bond acceptors (Lipinski definition) is 4. The van der Waals surface area contributed by atoms with Gasteiger partial charge in [0.1, 0.15) is 5.82 Å². The van der Waals surface area contributed by atoms with Crippen LogP contribution >= 0.6 is 11.6 Å². The number of carbonyl (C=O) groups excluding carboxylic acids is 1. The first-order valence-corrected chi connectivity index (χ1v) is 7.87. The second-order valence-corrected chi connectivity index (χ2v) is 5.72. The molecule has 1 N–H and O–H groups in total. The van der Waals surface area contributed by atoms with Crippen LogP contribution in [-0.2, 0) is 0 Å². The van der Waals surface area contributed by atoms with Crippen molar-refractivity contribution in [3.05, 3.63) is 22.8 Å². The van der Waals surface area contributed by atoms with Crippen molar-refractivity contribution < 1.29 is 4.79 Å². The van der Waals surface area contributed by atoms with Crippen LogP contribution in [0.5, 0.6) is 0 Å². The van der Waals surface area contributed by atoms with E-state index < -0.39 is 0 Å². The van der Waals surface area contributed by atoms with Crippen molar-refractivity contribution >= 4 is 23.3 Å². The lowest BCUT2D eigenvalue weighted by atomic mass is 10.1. The van der Waals surface area contributed by atoms with Crippen LogP contribution in [0.4, 0.5) is 5.82 Å². The maximum atomic E-state index is 12.6. The number of rotatable bonds is 4. The number of anilines is 1. The minimum Gasteiger partial charge on any atom is -0.369 e. The van der Waals surface area contributed by atoms with Crippen molar-refractivity contribution in [2.45, 2.75) is 26.8 Å². The molecule has 0 radical (unpaired) electrons. The molecule has 1 aromatic heterocycles. The minimum absolute atomic E-state index is 0.00931. The van der Waals surface area contributed by atoms with Crippen LogP contribution in [0.2, 0.25) is 5.02 Å². The first kappa shape index (κ1) is 16.0. The molecule has 1 aliphatic rings. The Balaban J connectivity index is 2.08. The molecular weight excluding hydrogens is 288 g/mol. The summed E-state index contributed by atoms with van der Waals surface area (Å²) in [6.07, 6.45) is 1.60. The van der Waals surface area contributed by atoms with Gasteiger partial charge in [-0.25, -0.2) is 4.98 Å². The fraction of sp³-hybridized carbons (Fsp3) is 0.600. The summed E-state index contributed by atoms with van der Waals surface area (Å²) in [7, 11) is 0. The Bertz CT molecular complexity index is 508. The molecule has 2 rings (SSSR count). The summed E-state index contributed by atoms with van der Waals surface area (Å²) in [6, 6.07) is 2.09. The van der Waals surface area contributed by atoms with Gasteiger partial charge >= 0.3 is 0 Å². The molecule has 2 heterocycles. The Morgan fingerprint density at radius 2 is 2.24 bits per heavy atom. The van der Waals surface area contributed by atoms with Crippen LogP contribution in [0.1, 0.15) is 31.1 Å². The van der Waals surface area contributed by atoms with E-state index in [1.54, 1.807) is 12.3 Å². The number of piperazine rings is 1. The van der Waals surface area contributed by atoms with Gasteiger partial charge in [-0.1, -0.05) is 18.5 Å². The molecule has 1 amide bonds. The largest absolute Gasteiger partial charge is 0.369 e. The van der Waals surface area contributed by atoms with Crippen molar-refractivity contribution in [2.75, 3.05) is 38.0 Å². The van der Waals surface area contributed by atoms with Crippen molar-refractivity contribution in [3.8, 4) is 0 Å². The van der Waals surface area contributed by atoms with E-state index in [1.165, 1.54) is 0 Å². The average Bonchev–Trinajstić information content (AvgIpc) is 2.48. The Morgan fingerprint density at radius 3 is 2.81 bits per heavy atom. The monoisotopic (exact) mass is 310 g/mol. The molecule has 0 spiro atoms. The molecule has 1 unspecified atom stereocenters. The quantitative estimate of drug-likeness (QED) is 0.927. The lowest BCUT2D eigenvalue weighted by molar-refractivity contribution is 0.0528. The lowest BCUT2D eigenvalue weighted by Gasteiger charge is -2.39. The van der Waals surface area contributed by atoms with Crippen LogP contribution in [0.15, 0.2) is 12.3 Å². The highest BCUT2D eigenvalue weighted by molar-refractivity contribution is 6.33. The predicted octanol–water partition coefficient (Wildman–Crippen LogP) is 2.33. The Hall–Kier alpha value is -1.33. The van der Waals surface area contributed by atoms with E-state index in [1.807, 2.05) is 11.8 Å². The molecule has 116 valence electrons. The van der Waals surface area contributed by atoms with E-state index in [-0.39, 0.29) is 5.91 Å². The third kappa shape index (κ3) is 3.66. The topological polar surface area (TPSA) is 48.5 Å². The molecule has 6 heteroatoms. The molecule has 0 bridgehead atoms. The van der Waals surface area contributed by atoms with Crippen molar-refractivity contribution in [1.29, 1.82) is 0 Å². The zero-order valence-corrected chi connectivity index (χ0v) is 13.7. The summed E-state index contributed by atoms with van der Waals surface area (Å²) in [5.74, 6) is 0.634. The van der Waals surface area contributed by atoms with Gasteiger partial charge in [-0.3, -0.25) is 9.69 Å². The standard InChI is InChI=1S/C15H23ClN4O/c1-4-17-14-13(16)8-12(9-18-14)15(21)20-7-6-19(5-2)11(3)10-20/h8-9,11H,4-7,10H2,1-3H3,(H,17,18). The number of likely N-dealkylation sites (N-methyl/N-ethyl adjacent to an activating group) is 1. The number of aromatic nitrogens is 1. The van der Waals surface area contributed by atoms with Crippen LogP contribution in [-0.4, -0.2) is 59.5 Å². The van der Waals surface area contributed by atoms with Crippen molar-refractivity contribution in [3.63, 3.8) is 0 Å². The summed E-state index contributed by atoms with van der Waals surface area (Å²) in [5, 5.41) is 3.56. The number of nitrogens with zero attached hydrogens (tertiary/aromatic N) is 3. The second-order valence-electron chi connectivity index (χ2n) is 5.31. The van der Waals surface area contributed by atoms with E-state index in [0.29, 0.717) is 22.4 Å². The molecule has 21 heavy (non-hydrogen) atoms. The van der Waals surface area contributed by atoms with Gasteiger partial charge in [0, 0.05) is 38.4 Å². The highest BCUT2D eigenvalue weighted by Gasteiger charge is 2.26. The van der Waals surface area contributed by atoms with Crippen LogP contribution < -0.4 is 5.32 Å². The fourth-order valence-corrected chi connectivity index (χ4v) is 2.92. The number of amides is 1. The highest BCUT2D eigenvalue weighted by Crippen LogP contribution is 2.21. The van der Waals surface area contributed by atoms with E-state index in [9.17, 15) is 4.79 Å². The van der Waals surface area contributed by atoms with Crippen molar-refractivity contribution in [2.24, 2.45) is 0 Å². The van der Waals surface area contributed by atoms with E-state index >= 15 is 0 Å². The molecule has 1 atom stereocenters. The van der Waals surface area contributed by atoms with E-state index in [2.05, 4.69) is 29.0 Å². The van der Waals surface area contributed by atoms with Gasteiger partial charge in [-0.05, 0) is 26.5 Å². The zero-order chi connectivity index (χ0) is 15.4. The van der Waals surface area contributed by atoms with Crippen LogP contribution in [0.3, 0.4) is 0 Å². The van der Waals surface area contributed by atoms with Gasteiger partial charge in [0.2, 0.25) is 0 Å². The molecule has 0 aromatic carbocycles. The van der Waals surface area contributed by atoms with Gasteiger partial charge in [0.25, 0.3) is 5.91 Å². The smallest absolute Gasteiger partial charge is 0.255 e. The fourth-order valence-electron chi connectivity index (χ4n) is 2.68. The highest BCUT2D eigenvalue weighted by atomic mass is 35.5. The average molecular weight is 311 g/mol. The minimum atomic E-state index is 0.00931. The summed E-state index contributed by atoms with van der Waals surface area (Å²) < 4.78 is 0. The van der Waals surface area contributed by atoms with E-state index in [4.69, 9.17) is 11.6 Å². The lowest BCUT2D eigenvalue weighted by Crippen LogP contribution is -2.53. The molecule has 1 aliphatic heterocycles. The molecular formula is C15H23ClN4O. The predicted molar refractivity (Wildman–Crippen MR) is 86.0 cm³/mol. The second kappa shape index (κ2) is 7.09. The van der Waals surface area contributed by atoms with Crippen LogP contribution in [0.25, 0.3) is 0 Å². The normalized spacial score (nSPS) is 19.6. The van der Waals surface area contributed by atoms with Crippen molar-refractivity contribution in [1.82, 2.24) is 14.8 Å². The number of hydrogen-bond donors (Lipinski definition) is 1. The van der Waals surface area contributed by atoms with Crippen LogP contribution in [0, 0.1) is 0 Å². The molecule has 5 nitrogen and oxygen atoms in total. The number of pyridine rings is 1. The maximum absolute atomic E-state index is 12.6. The number of carbonyl (C=O) groups is 1. The van der Waals surface area contributed by atoms with Gasteiger partial charge < -0.3 is 10.2 Å². The maximum Gasteiger partial charge on any atom is 0.255 e. The molecule has 1 saturated heterocycles. The third-order valence-electron chi connectivity index (χ3n) is 3.89. The molecule has 1 fully saturated rings. The summed E-state index contributed by atoms with van der Waals surface area (Å²) in [5.41, 5.74) is 0.554. The van der Waals surface area contributed by atoms with Gasteiger partial charge in [-0.15, -0.1) is 0 Å².